The Hall–Kier alpha value is -3.59. The number of carbonyl (C=O) groups excluding carboxylic acids is 2. The van der Waals surface area contributed by atoms with E-state index in [9.17, 15) is 9.59 Å². The van der Waals surface area contributed by atoms with Gasteiger partial charge in [-0.1, -0.05) is 18.2 Å². The second-order valence-electron chi connectivity index (χ2n) is 9.57. The molecule has 9 heteroatoms. The highest BCUT2D eigenvalue weighted by Crippen LogP contribution is 2.37. The normalized spacial score (nSPS) is 15.3. The van der Waals surface area contributed by atoms with Crippen LogP contribution in [0.2, 0.25) is 0 Å². The second kappa shape index (κ2) is 11.9. The van der Waals surface area contributed by atoms with Crippen LogP contribution in [0.3, 0.4) is 0 Å². The molecule has 36 heavy (non-hydrogen) atoms. The molecule has 1 aliphatic rings. The highest BCUT2D eigenvalue weighted by molar-refractivity contribution is 6.03. The molecule has 0 aromatic heterocycles. The van der Waals surface area contributed by atoms with Gasteiger partial charge in [-0.15, -0.1) is 0 Å². The maximum absolute atomic E-state index is 13.6. The summed E-state index contributed by atoms with van der Waals surface area (Å²) >= 11 is 0. The van der Waals surface area contributed by atoms with Crippen LogP contribution >= 0.6 is 0 Å². The third kappa shape index (κ3) is 6.75. The number of carbonyl (C=O) groups is 2. The summed E-state index contributed by atoms with van der Waals surface area (Å²) < 4.78 is 16.0. The summed E-state index contributed by atoms with van der Waals surface area (Å²) in [6.07, 6.45) is 0.505. The standard InChI is InChI=1S/C27H36N4O5/c1-27(2,3)28-26(33)30(15-16-34-4)18-25(32)31-23(21-9-7-8-10-24(21)36-6)17-22(29-31)19-11-13-20(35-5)14-12-19/h7-14,23H,15-18H2,1-6H3,(H,28,33). The average Bonchev–Trinajstić information content (AvgIpc) is 3.30. The van der Waals surface area contributed by atoms with E-state index < -0.39 is 5.54 Å². The molecule has 0 saturated carbocycles. The van der Waals surface area contributed by atoms with Gasteiger partial charge in [-0.3, -0.25) is 4.79 Å². The van der Waals surface area contributed by atoms with Crippen molar-refractivity contribution in [3.05, 3.63) is 59.7 Å². The van der Waals surface area contributed by atoms with Gasteiger partial charge in [-0.25, -0.2) is 9.80 Å². The number of amides is 3. The summed E-state index contributed by atoms with van der Waals surface area (Å²) in [6.45, 7) is 6.12. The predicted molar refractivity (Wildman–Crippen MR) is 138 cm³/mol. The maximum Gasteiger partial charge on any atom is 0.318 e. The largest absolute Gasteiger partial charge is 0.497 e. The van der Waals surface area contributed by atoms with Gasteiger partial charge in [-0.2, -0.15) is 5.10 Å². The van der Waals surface area contributed by atoms with Crippen LogP contribution in [0.1, 0.15) is 44.4 Å². The van der Waals surface area contributed by atoms with E-state index in [1.54, 1.807) is 21.3 Å². The van der Waals surface area contributed by atoms with Crippen molar-refractivity contribution in [1.29, 1.82) is 0 Å². The number of rotatable bonds is 9. The molecule has 2 aromatic rings. The van der Waals surface area contributed by atoms with Crippen LogP contribution in [-0.2, 0) is 9.53 Å². The molecule has 1 unspecified atom stereocenters. The van der Waals surface area contributed by atoms with Crippen LogP contribution in [0.15, 0.2) is 53.6 Å². The average molecular weight is 497 g/mol. The molecule has 1 aliphatic heterocycles. The number of nitrogens with one attached hydrogen (secondary N) is 1. The zero-order valence-electron chi connectivity index (χ0n) is 21.9. The summed E-state index contributed by atoms with van der Waals surface area (Å²) in [5.74, 6) is 1.12. The quantitative estimate of drug-likeness (QED) is 0.570. The van der Waals surface area contributed by atoms with Crippen LogP contribution in [-0.4, -0.2) is 74.1 Å². The van der Waals surface area contributed by atoms with Crippen molar-refractivity contribution in [2.75, 3.05) is 41.0 Å². The molecule has 1 atom stereocenters. The fraction of sp³-hybridized carbons (Fsp3) is 0.444. The van der Waals surface area contributed by atoms with Gasteiger partial charge in [0.25, 0.3) is 5.91 Å². The minimum absolute atomic E-state index is 0.143. The van der Waals surface area contributed by atoms with E-state index in [4.69, 9.17) is 19.3 Å². The van der Waals surface area contributed by atoms with Gasteiger partial charge in [0.05, 0.1) is 32.6 Å². The van der Waals surface area contributed by atoms with E-state index in [1.807, 2.05) is 69.3 Å². The number of ether oxygens (including phenoxy) is 3. The molecular weight excluding hydrogens is 460 g/mol. The first-order valence-corrected chi connectivity index (χ1v) is 11.9. The number of nitrogens with zero attached hydrogens (tertiary/aromatic N) is 3. The maximum atomic E-state index is 13.6. The van der Waals surface area contributed by atoms with Crippen molar-refractivity contribution >= 4 is 17.6 Å². The van der Waals surface area contributed by atoms with Crippen molar-refractivity contribution in [2.45, 2.75) is 38.8 Å². The molecule has 3 rings (SSSR count). The van der Waals surface area contributed by atoms with E-state index in [0.29, 0.717) is 18.8 Å². The Morgan fingerprint density at radius 3 is 2.36 bits per heavy atom. The minimum Gasteiger partial charge on any atom is -0.497 e. The number of hydrogen-bond acceptors (Lipinski definition) is 6. The summed E-state index contributed by atoms with van der Waals surface area (Å²) in [4.78, 5) is 28.0. The Morgan fingerprint density at radius 1 is 1.06 bits per heavy atom. The lowest BCUT2D eigenvalue weighted by atomic mass is 9.97. The summed E-state index contributed by atoms with van der Waals surface area (Å²) in [7, 11) is 4.78. The Morgan fingerprint density at radius 2 is 1.75 bits per heavy atom. The fourth-order valence-corrected chi connectivity index (χ4v) is 3.97. The molecule has 0 fully saturated rings. The van der Waals surface area contributed by atoms with Crippen LogP contribution in [0.25, 0.3) is 0 Å². The SMILES string of the molecule is COCCN(CC(=O)N1N=C(c2ccc(OC)cc2)CC1c1ccccc1OC)C(=O)NC(C)(C)C. The zero-order chi connectivity index (χ0) is 26.3. The smallest absolute Gasteiger partial charge is 0.318 e. The molecule has 3 amide bonds. The molecule has 194 valence electrons. The van der Waals surface area contributed by atoms with Gasteiger partial charge in [0.1, 0.15) is 18.0 Å². The number of urea groups is 1. The van der Waals surface area contributed by atoms with E-state index in [2.05, 4.69) is 5.32 Å². The van der Waals surface area contributed by atoms with E-state index in [0.717, 1.165) is 22.6 Å². The van der Waals surface area contributed by atoms with Crippen molar-refractivity contribution < 1.29 is 23.8 Å². The number of para-hydroxylation sites is 1. The summed E-state index contributed by atoms with van der Waals surface area (Å²) in [5, 5.41) is 9.13. The first kappa shape index (κ1) is 27.0. The molecule has 0 bridgehead atoms. The molecule has 1 heterocycles. The summed E-state index contributed by atoms with van der Waals surface area (Å²) in [5.41, 5.74) is 2.07. The van der Waals surface area contributed by atoms with Crippen molar-refractivity contribution in [2.24, 2.45) is 5.10 Å². The first-order valence-electron chi connectivity index (χ1n) is 11.9. The highest BCUT2D eigenvalue weighted by Gasteiger charge is 2.36. The van der Waals surface area contributed by atoms with Crippen molar-refractivity contribution in [3.8, 4) is 11.5 Å². The van der Waals surface area contributed by atoms with E-state index >= 15 is 0 Å². The Bertz CT molecular complexity index is 1080. The van der Waals surface area contributed by atoms with E-state index in [-0.39, 0.29) is 31.1 Å². The topological polar surface area (TPSA) is 92.7 Å². The van der Waals surface area contributed by atoms with Crippen LogP contribution < -0.4 is 14.8 Å². The Balaban J connectivity index is 1.93. The van der Waals surface area contributed by atoms with Crippen LogP contribution in [0.4, 0.5) is 4.79 Å². The molecule has 0 radical (unpaired) electrons. The van der Waals surface area contributed by atoms with Gasteiger partial charge < -0.3 is 24.4 Å². The first-order chi connectivity index (χ1) is 17.2. The third-order valence-corrected chi connectivity index (χ3v) is 5.75. The molecular formula is C27H36N4O5. The lowest BCUT2D eigenvalue weighted by Gasteiger charge is -2.30. The number of methoxy groups -OCH3 is 3. The van der Waals surface area contributed by atoms with Gasteiger partial charge in [-0.05, 0) is 56.7 Å². The fourth-order valence-electron chi connectivity index (χ4n) is 3.97. The number of hydrazone groups is 1. The van der Waals surface area contributed by atoms with Crippen molar-refractivity contribution in [3.63, 3.8) is 0 Å². The molecule has 9 nitrogen and oxygen atoms in total. The Kier molecular flexibility index (Phi) is 8.93. The Labute approximate surface area is 213 Å². The number of benzene rings is 2. The zero-order valence-corrected chi connectivity index (χ0v) is 21.9. The molecule has 0 aliphatic carbocycles. The molecule has 0 saturated heterocycles. The van der Waals surface area contributed by atoms with Crippen LogP contribution in [0.5, 0.6) is 11.5 Å². The highest BCUT2D eigenvalue weighted by atomic mass is 16.5. The lowest BCUT2D eigenvalue weighted by Crippen LogP contribution is -2.52. The predicted octanol–water partition coefficient (Wildman–Crippen LogP) is 3.84. The van der Waals surface area contributed by atoms with Gasteiger partial charge in [0, 0.05) is 31.2 Å². The summed E-state index contributed by atoms with van der Waals surface area (Å²) in [6, 6.07) is 14.5. The molecule has 2 aromatic carbocycles. The van der Waals surface area contributed by atoms with Gasteiger partial charge >= 0.3 is 6.03 Å². The minimum atomic E-state index is -0.446. The van der Waals surface area contributed by atoms with E-state index in [1.165, 1.54) is 9.91 Å². The third-order valence-electron chi connectivity index (χ3n) is 5.75. The lowest BCUT2D eigenvalue weighted by molar-refractivity contribution is -0.133. The van der Waals surface area contributed by atoms with Crippen LogP contribution in [0, 0.1) is 0 Å². The van der Waals surface area contributed by atoms with Gasteiger partial charge in [0.15, 0.2) is 0 Å². The van der Waals surface area contributed by atoms with Gasteiger partial charge in [0.2, 0.25) is 0 Å². The number of hydrogen-bond donors (Lipinski definition) is 1. The molecule has 1 N–H and O–H groups in total. The molecule has 0 spiro atoms. The monoisotopic (exact) mass is 496 g/mol. The van der Waals surface area contributed by atoms with Crippen molar-refractivity contribution in [1.82, 2.24) is 15.2 Å². The second-order valence-corrected chi connectivity index (χ2v) is 9.57.